The zero-order valence-electron chi connectivity index (χ0n) is 20.5. The van der Waals surface area contributed by atoms with Gasteiger partial charge >= 0.3 is 6.09 Å². The van der Waals surface area contributed by atoms with Gasteiger partial charge in [-0.1, -0.05) is 23.7 Å². The molecule has 2 aromatic rings. The molecule has 4 N–H and O–H groups in total. The number of carboxylic acid groups (broad SMARTS) is 1. The number of piperidine rings is 1. The quantitative estimate of drug-likeness (QED) is 0.337. The maximum absolute atomic E-state index is 12.9. The predicted octanol–water partition coefficient (Wildman–Crippen LogP) is 4.38. The van der Waals surface area contributed by atoms with Gasteiger partial charge in [0.1, 0.15) is 11.5 Å². The summed E-state index contributed by atoms with van der Waals surface area (Å²) in [5, 5.41) is 27.2. The highest BCUT2D eigenvalue weighted by Crippen LogP contribution is 2.45. The van der Waals surface area contributed by atoms with Gasteiger partial charge in [-0.15, -0.1) is 0 Å². The van der Waals surface area contributed by atoms with Crippen LogP contribution in [0.1, 0.15) is 49.8 Å². The van der Waals surface area contributed by atoms with Crippen LogP contribution < -0.4 is 10.6 Å². The summed E-state index contributed by atoms with van der Waals surface area (Å²) in [4.78, 5) is 25.7. The first-order valence-electron chi connectivity index (χ1n) is 12.2. The van der Waals surface area contributed by atoms with Crippen LogP contribution in [0, 0.1) is 12.8 Å². The second-order valence-electron chi connectivity index (χ2n) is 9.22. The van der Waals surface area contributed by atoms with Gasteiger partial charge in [0.2, 0.25) is 5.91 Å². The summed E-state index contributed by atoms with van der Waals surface area (Å²) in [5.74, 6) is 1.16. The van der Waals surface area contributed by atoms with Crippen LogP contribution in [0.4, 0.5) is 4.79 Å². The summed E-state index contributed by atoms with van der Waals surface area (Å²) in [7, 11) is 1.86. The molecular formula is C26H36ClN3O5. The van der Waals surface area contributed by atoms with Crippen molar-refractivity contribution in [3.8, 4) is 11.3 Å². The lowest BCUT2D eigenvalue weighted by molar-refractivity contribution is -0.136. The van der Waals surface area contributed by atoms with E-state index >= 15 is 0 Å². The third-order valence-electron chi connectivity index (χ3n) is 6.74. The van der Waals surface area contributed by atoms with E-state index in [1.54, 1.807) is 12.1 Å². The number of hydrogen-bond acceptors (Lipinski definition) is 5. The summed E-state index contributed by atoms with van der Waals surface area (Å²) in [6.45, 7) is 3.95. The number of benzene rings is 1. The van der Waals surface area contributed by atoms with Crippen molar-refractivity contribution in [3.63, 3.8) is 0 Å². The highest BCUT2D eigenvalue weighted by Gasteiger charge is 2.43. The SMILES string of the molecule is CNCCCC(=O)N1CCCC(C(O)(CCCNC(=O)O)c2cccc(Cl)c2-c2ccc(C)o2)C1. The number of nitrogens with zero attached hydrogens (tertiary/aromatic N) is 1. The molecule has 9 heteroatoms. The number of likely N-dealkylation sites (tertiary alicyclic amines) is 1. The molecule has 2 unspecified atom stereocenters. The molecule has 0 saturated carbocycles. The highest BCUT2D eigenvalue weighted by molar-refractivity contribution is 6.33. The normalized spacial score (nSPS) is 17.7. The fourth-order valence-corrected chi connectivity index (χ4v) is 5.25. The lowest BCUT2D eigenvalue weighted by atomic mass is 9.72. The van der Waals surface area contributed by atoms with Gasteiger partial charge < -0.3 is 30.2 Å². The first-order valence-corrected chi connectivity index (χ1v) is 12.6. The average Bonchev–Trinajstić information content (AvgIpc) is 3.27. The standard InChI is InChI=1S/C26H36ClN3O5/c1-18-11-12-22(35-18)24-20(8-3-9-21(24)27)26(34,13-6-15-29-25(32)33)19-7-5-16-30(17-19)23(31)10-4-14-28-2/h3,8-9,11-12,19,28-29,34H,4-7,10,13-17H2,1-2H3,(H,32,33). The van der Waals surface area contributed by atoms with Gasteiger partial charge in [0.25, 0.3) is 0 Å². The molecule has 0 aliphatic carbocycles. The largest absolute Gasteiger partial charge is 0.465 e. The Labute approximate surface area is 211 Å². The van der Waals surface area contributed by atoms with Gasteiger partial charge in [-0.05, 0) is 76.4 Å². The van der Waals surface area contributed by atoms with Gasteiger partial charge in [-0.2, -0.15) is 0 Å². The summed E-state index contributed by atoms with van der Waals surface area (Å²) >= 11 is 6.64. The second-order valence-corrected chi connectivity index (χ2v) is 9.63. The Hall–Kier alpha value is -2.55. The molecule has 8 nitrogen and oxygen atoms in total. The Morgan fingerprint density at radius 2 is 2.03 bits per heavy atom. The lowest BCUT2D eigenvalue weighted by Gasteiger charge is -2.43. The molecule has 1 fully saturated rings. The molecule has 2 amide bonds. The third kappa shape index (κ3) is 6.78. The van der Waals surface area contributed by atoms with Crippen molar-refractivity contribution in [3.05, 3.63) is 46.7 Å². The molecule has 2 heterocycles. The van der Waals surface area contributed by atoms with E-state index in [0.717, 1.165) is 31.6 Å². The van der Waals surface area contributed by atoms with Crippen LogP contribution in [0.3, 0.4) is 0 Å². The number of aliphatic hydroxyl groups is 1. The second kappa shape index (κ2) is 12.4. The van der Waals surface area contributed by atoms with E-state index in [9.17, 15) is 14.7 Å². The van der Waals surface area contributed by atoms with Crippen molar-refractivity contribution < 1.29 is 24.2 Å². The fraction of sp³-hybridized carbons (Fsp3) is 0.538. The number of furan rings is 1. The fourth-order valence-electron chi connectivity index (χ4n) is 4.98. The maximum atomic E-state index is 12.9. The van der Waals surface area contributed by atoms with Crippen LogP contribution in [-0.4, -0.2) is 60.3 Å². The Kier molecular flexibility index (Phi) is 9.60. The molecule has 0 bridgehead atoms. The summed E-state index contributed by atoms with van der Waals surface area (Å²) in [6.07, 6.45) is 2.39. The topological polar surface area (TPSA) is 115 Å². The average molecular weight is 506 g/mol. The van der Waals surface area contributed by atoms with Crippen LogP contribution >= 0.6 is 11.6 Å². The molecule has 2 atom stereocenters. The number of hydrogen-bond donors (Lipinski definition) is 4. The highest BCUT2D eigenvalue weighted by atomic mass is 35.5. The minimum atomic E-state index is -1.33. The summed E-state index contributed by atoms with van der Waals surface area (Å²) in [6, 6.07) is 9.12. The molecule has 1 saturated heterocycles. The summed E-state index contributed by atoms with van der Waals surface area (Å²) < 4.78 is 5.89. The number of amides is 2. The van der Waals surface area contributed by atoms with Gasteiger partial charge in [0.15, 0.2) is 0 Å². The smallest absolute Gasteiger partial charge is 0.404 e. The first kappa shape index (κ1) is 27.0. The molecule has 0 spiro atoms. The van der Waals surface area contributed by atoms with E-state index in [4.69, 9.17) is 21.1 Å². The third-order valence-corrected chi connectivity index (χ3v) is 7.06. The molecule has 1 aliphatic heterocycles. The Morgan fingerprint density at radius 1 is 1.23 bits per heavy atom. The molecule has 192 valence electrons. The van der Waals surface area contributed by atoms with E-state index < -0.39 is 11.7 Å². The van der Waals surface area contributed by atoms with Gasteiger partial charge in [0.05, 0.1) is 10.6 Å². The Bertz CT molecular complexity index is 1010. The number of rotatable bonds is 11. The number of carbonyl (C=O) groups is 2. The zero-order chi connectivity index (χ0) is 25.4. The number of carbonyl (C=O) groups excluding carboxylic acids is 1. The van der Waals surface area contributed by atoms with E-state index in [1.165, 1.54) is 0 Å². The zero-order valence-corrected chi connectivity index (χ0v) is 21.2. The lowest BCUT2D eigenvalue weighted by Crippen LogP contribution is -2.48. The van der Waals surface area contributed by atoms with E-state index in [0.29, 0.717) is 54.3 Å². The maximum Gasteiger partial charge on any atom is 0.404 e. The van der Waals surface area contributed by atoms with Crippen LogP contribution in [-0.2, 0) is 10.4 Å². The van der Waals surface area contributed by atoms with Gasteiger partial charge in [-0.3, -0.25) is 4.79 Å². The first-order chi connectivity index (χ1) is 16.8. The molecule has 3 rings (SSSR count). The van der Waals surface area contributed by atoms with Crippen LogP contribution in [0.5, 0.6) is 0 Å². The molecule has 0 radical (unpaired) electrons. The summed E-state index contributed by atoms with van der Waals surface area (Å²) in [5.41, 5.74) is -0.0528. The molecule has 35 heavy (non-hydrogen) atoms. The minimum Gasteiger partial charge on any atom is -0.465 e. The van der Waals surface area contributed by atoms with Crippen molar-refractivity contribution in [2.45, 2.75) is 51.0 Å². The number of halogens is 1. The van der Waals surface area contributed by atoms with Gasteiger partial charge in [-0.25, -0.2) is 4.79 Å². The van der Waals surface area contributed by atoms with Crippen molar-refractivity contribution >= 4 is 23.6 Å². The van der Waals surface area contributed by atoms with E-state index in [1.807, 2.05) is 37.1 Å². The van der Waals surface area contributed by atoms with Crippen molar-refractivity contribution in [2.24, 2.45) is 5.92 Å². The monoisotopic (exact) mass is 505 g/mol. The Balaban J connectivity index is 1.94. The van der Waals surface area contributed by atoms with Crippen LogP contribution in [0.25, 0.3) is 11.3 Å². The molecule has 1 aliphatic rings. The Morgan fingerprint density at radius 3 is 2.71 bits per heavy atom. The van der Waals surface area contributed by atoms with E-state index in [2.05, 4.69) is 10.6 Å². The van der Waals surface area contributed by atoms with Crippen molar-refractivity contribution in [2.75, 3.05) is 33.2 Å². The number of nitrogens with one attached hydrogen (secondary N) is 2. The molecular weight excluding hydrogens is 470 g/mol. The van der Waals surface area contributed by atoms with Gasteiger partial charge in [0, 0.05) is 37.5 Å². The van der Waals surface area contributed by atoms with Crippen LogP contribution in [0.2, 0.25) is 5.02 Å². The number of aryl methyl sites for hydroxylation is 1. The minimum absolute atomic E-state index is 0.0906. The predicted molar refractivity (Wildman–Crippen MR) is 136 cm³/mol. The van der Waals surface area contributed by atoms with E-state index in [-0.39, 0.29) is 18.4 Å². The molecule has 1 aromatic carbocycles. The van der Waals surface area contributed by atoms with Crippen molar-refractivity contribution in [1.29, 1.82) is 0 Å². The van der Waals surface area contributed by atoms with Crippen molar-refractivity contribution in [1.82, 2.24) is 15.5 Å². The van der Waals surface area contributed by atoms with Crippen LogP contribution in [0.15, 0.2) is 34.7 Å². The molecule has 1 aromatic heterocycles.